The molecule has 2 nitrogen and oxygen atoms in total. The predicted octanol–water partition coefficient (Wildman–Crippen LogP) is 1.94. The topological polar surface area (TPSA) is 33.1 Å². The van der Waals surface area contributed by atoms with Crippen molar-refractivity contribution in [1.82, 2.24) is 4.98 Å². The zero-order valence-corrected chi connectivity index (χ0v) is 5.78. The molecular formula is C9H7NO. The molecule has 11 heavy (non-hydrogen) atoms. The van der Waals surface area contributed by atoms with E-state index < -0.39 is 0 Å². The van der Waals surface area contributed by atoms with E-state index in [0.717, 1.165) is 5.39 Å². The Kier molecular flexibility index (Phi) is 1.04. The second-order valence-electron chi connectivity index (χ2n) is 2.29. The highest BCUT2D eigenvalue weighted by Gasteiger charge is 1.96. The minimum absolute atomic E-state index is 0.126. The molecular weight excluding hydrogens is 138 g/mol. The molecule has 0 bridgehead atoms. The third-order valence-corrected chi connectivity index (χ3v) is 1.56. The summed E-state index contributed by atoms with van der Waals surface area (Å²) in [5.41, 5.74) is 0.491. The van der Waals surface area contributed by atoms with Crippen LogP contribution in [0.5, 0.6) is 5.75 Å². The monoisotopic (exact) mass is 147 g/mol. The third-order valence-electron chi connectivity index (χ3n) is 1.56. The summed E-state index contributed by atoms with van der Waals surface area (Å²) in [6.45, 7) is 0. The number of fused-ring (bicyclic) bond motifs is 1. The Labute approximate surface area is 65.5 Å². The van der Waals surface area contributed by atoms with Gasteiger partial charge in [-0.1, -0.05) is 18.2 Å². The zero-order valence-electron chi connectivity index (χ0n) is 6.78. The van der Waals surface area contributed by atoms with Crippen molar-refractivity contribution in [2.75, 3.05) is 0 Å². The normalized spacial score (nSPS) is 11.5. The van der Waals surface area contributed by atoms with Crippen molar-refractivity contribution in [3.05, 3.63) is 36.5 Å². The van der Waals surface area contributed by atoms with Gasteiger partial charge in [0.15, 0.2) is 0 Å². The van der Waals surface area contributed by atoms with Gasteiger partial charge in [0.2, 0.25) is 0 Å². The van der Waals surface area contributed by atoms with Crippen molar-refractivity contribution in [3.8, 4) is 5.75 Å². The van der Waals surface area contributed by atoms with E-state index in [0.29, 0.717) is 5.52 Å². The number of aromatic hydroxyl groups is 1. The molecule has 54 valence electrons. The molecule has 0 spiro atoms. The highest BCUT2D eigenvalue weighted by atomic mass is 16.3. The van der Waals surface area contributed by atoms with E-state index in [-0.39, 0.29) is 11.9 Å². The zero-order chi connectivity index (χ0) is 8.55. The highest BCUT2D eigenvalue weighted by Crippen LogP contribution is 2.20. The Bertz CT molecular complexity index is 428. The van der Waals surface area contributed by atoms with Gasteiger partial charge in [0.25, 0.3) is 0 Å². The molecule has 0 aliphatic rings. The number of nitrogens with zero attached hydrogens (tertiary/aromatic N) is 1. The first-order chi connectivity index (χ1) is 5.77. The van der Waals surface area contributed by atoms with E-state index in [1.165, 1.54) is 0 Å². The van der Waals surface area contributed by atoms with Crippen LogP contribution < -0.4 is 0 Å². The van der Waals surface area contributed by atoms with Gasteiger partial charge in [0, 0.05) is 11.6 Å². The summed E-state index contributed by atoms with van der Waals surface area (Å²) >= 11 is 0. The van der Waals surface area contributed by atoms with Crippen molar-refractivity contribution in [2.24, 2.45) is 0 Å². The molecule has 0 saturated heterocycles. The lowest BCUT2D eigenvalue weighted by atomic mass is 10.2. The number of pyridine rings is 1. The van der Waals surface area contributed by atoms with Gasteiger partial charge in [-0.15, -0.1) is 0 Å². The SMILES string of the molecule is [3H]c1ccc2cccc(O)c2n1. The fourth-order valence-corrected chi connectivity index (χ4v) is 1.03. The molecule has 0 radical (unpaired) electrons. The number of rotatable bonds is 0. The average Bonchev–Trinajstić information content (AvgIpc) is 2.07. The smallest absolute Gasteiger partial charge is 0.141 e. The standard InChI is InChI=1S/C9H7NO/c11-8-5-1-3-7-4-2-6-10-9(7)8/h1-6,11H/i6T. The third kappa shape index (κ3) is 0.923. The summed E-state index contributed by atoms with van der Waals surface area (Å²) in [5, 5.41) is 10.2. The van der Waals surface area contributed by atoms with Crippen LogP contribution >= 0.6 is 0 Å². The van der Waals surface area contributed by atoms with Crippen LogP contribution in [0, 0.1) is 0 Å². The maximum Gasteiger partial charge on any atom is 0.141 e. The lowest BCUT2D eigenvalue weighted by Gasteiger charge is -1.96. The van der Waals surface area contributed by atoms with Crippen LogP contribution in [0.1, 0.15) is 1.37 Å². The van der Waals surface area contributed by atoms with E-state index in [2.05, 4.69) is 4.98 Å². The number of hydrogen-bond donors (Lipinski definition) is 1. The lowest BCUT2D eigenvalue weighted by molar-refractivity contribution is 0.480. The number of hydrogen-bond acceptors (Lipinski definition) is 2. The molecule has 0 aliphatic heterocycles. The summed E-state index contributed by atoms with van der Waals surface area (Å²) in [4.78, 5) is 3.89. The average molecular weight is 147 g/mol. The van der Waals surface area contributed by atoms with Gasteiger partial charge in [-0.25, -0.2) is 0 Å². The molecule has 1 aromatic carbocycles. The van der Waals surface area contributed by atoms with E-state index in [4.69, 9.17) is 1.37 Å². The number of aromatic nitrogens is 1. The minimum Gasteiger partial charge on any atom is -0.506 e. The van der Waals surface area contributed by atoms with Crippen LogP contribution in [-0.4, -0.2) is 10.1 Å². The van der Waals surface area contributed by atoms with Crippen LogP contribution in [-0.2, 0) is 0 Å². The number of benzene rings is 1. The largest absolute Gasteiger partial charge is 0.506 e. The lowest BCUT2D eigenvalue weighted by Crippen LogP contribution is -1.76. The van der Waals surface area contributed by atoms with E-state index in [1.54, 1.807) is 24.3 Å². The number of phenols is 1. The van der Waals surface area contributed by atoms with Gasteiger partial charge in [0.1, 0.15) is 11.3 Å². The van der Waals surface area contributed by atoms with Crippen molar-refractivity contribution >= 4 is 10.9 Å². The molecule has 1 N–H and O–H groups in total. The predicted molar refractivity (Wildman–Crippen MR) is 43.4 cm³/mol. The second kappa shape index (κ2) is 2.23. The van der Waals surface area contributed by atoms with Crippen LogP contribution in [0.25, 0.3) is 10.9 Å². The molecule has 1 aromatic heterocycles. The molecule has 0 aliphatic carbocycles. The first-order valence-electron chi connectivity index (χ1n) is 3.83. The van der Waals surface area contributed by atoms with Crippen LogP contribution in [0.15, 0.2) is 36.5 Å². The Balaban J connectivity index is 2.88. The van der Waals surface area contributed by atoms with Gasteiger partial charge in [-0.05, 0) is 12.1 Å². The Hall–Kier alpha value is -1.57. The fourth-order valence-electron chi connectivity index (χ4n) is 1.03. The Morgan fingerprint density at radius 2 is 2.09 bits per heavy atom. The Morgan fingerprint density at radius 3 is 3.00 bits per heavy atom. The van der Waals surface area contributed by atoms with Crippen molar-refractivity contribution in [2.45, 2.75) is 0 Å². The summed E-state index contributed by atoms with van der Waals surface area (Å²) in [7, 11) is 0. The first-order valence-corrected chi connectivity index (χ1v) is 3.33. The van der Waals surface area contributed by atoms with Crippen molar-refractivity contribution in [3.63, 3.8) is 0 Å². The van der Waals surface area contributed by atoms with Crippen molar-refractivity contribution in [1.29, 1.82) is 0 Å². The molecule has 0 saturated carbocycles. The summed E-state index contributed by atoms with van der Waals surface area (Å²) in [6, 6.07) is 8.53. The fraction of sp³-hybridized carbons (Fsp3) is 0. The second-order valence-corrected chi connectivity index (χ2v) is 2.29. The van der Waals surface area contributed by atoms with Crippen LogP contribution in [0.3, 0.4) is 0 Å². The van der Waals surface area contributed by atoms with Crippen LogP contribution in [0.2, 0.25) is 0 Å². The summed E-state index contributed by atoms with van der Waals surface area (Å²) in [5.74, 6) is 0.126. The van der Waals surface area contributed by atoms with Crippen molar-refractivity contribution < 1.29 is 6.48 Å². The number of para-hydroxylation sites is 1. The van der Waals surface area contributed by atoms with E-state index in [9.17, 15) is 5.11 Å². The van der Waals surface area contributed by atoms with Gasteiger partial charge >= 0.3 is 0 Å². The van der Waals surface area contributed by atoms with E-state index in [1.807, 2.05) is 6.07 Å². The molecule has 2 aromatic rings. The van der Waals surface area contributed by atoms with Gasteiger partial charge in [-0.2, -0.15) is 0 Å². The first kappa shape index (κ1) is 5.13. The molecule has 1 heterocycles. The minimum atomic E-state index is 0.126. The quantitative estimate of drug-likeness (QED) is 0.617. The molecule has 0 fully saturated rings. The van der Waals surface area contributed by atoms with Gasteiger partial charge in [0.05, 0.1) is 1.37 Å². The molecule has 2 rings (SSSR count). The molecule has 0 amide bonds. The van der Waals surface area contributed by atoms with E-state index >= 15 is 0 Å². The molecule has 2 heteroatoms. The number of phenolic OH excluding ortho intramolecular Hbond substituents is 1. The van der Waals surface area contributed by atoms with Crippen LogP contribution in [0.4, 0.5) is 0 Å². The Morgan fingerprint density at radius 1 is 1.27 bits per heavy atom. The summed E-state index contributed by atoms with van der Waals surface area (Å²) in [6.07, 6.45) is 0.170. The van der Waals surface area contributed by atoms with Gasteiger partial charge < -0.3 is 5.11 Å². The summed E-state index contributed by atoms with van der Waals surface area (Å²) < 4.78 is 7.25. The maximum atomic E-state index is 9.35. The molecule has 0 atom stereocenters. The van der Waals surface area contributed by atoms with Gasteiger partial charge in [-0.3, -0.25) is 4.98 Å². The molecule has 0 unspecified atom stereocenters. The highest BCUT2D eigenvalue weighted by molar-refractivity contribution is 5.83. The maximum absolute atomic E-state index is 9.35.